The van der Waals surface area contributed by atoms with E-state index >= 15 is 0 Å². The molecule has 2 heterocycles. The Morgan fingerprint density at radius 2 is 1.77 bits per heavy atom. The van der Waals surface area contributed by atoms with E-state index in [0.717, 1.165) is 25.0 Å². The first-order valence-electron chi connectivity index (χ1n) is 13.5. The molecule has 2 aromatic carbocycles. The van der Waals surface area contributed by atoms with E-state index < -0.39 is 35.7 Å². The van der Waals surface area contributed by atoms with E-state index in [0.29, 0.717) is 31.5 Å². The Morgan fingerprint density at radius 3 is 2.42 bits per heavy atom. The minimum atomic E-state index is -4.47. The molecule has 8 nitrogen and oxygen atoms in total. The maximum atomic E-state index is 13.8. The third kappa shape index (κ3) is 7.39. The number of hydrogen-bond acceptors (Lipinski definition) is 5. The highest BCUT2D eigenvalue weighted by atomic mass is 19.4. The minimum Gasteiger partial charge on any atom is -0.481 e. The van der Waals surface area contributed by atoms with Gasteiger partial charge in [-0.2, -0.15) is 13.2 Å². The van der Waals surface area contributed by atoms with Crippen LogP contribution in [0.3, 0.4) is 0 Å². The molecular weight excluding hydrogens is 525 g/mol. The van der Waals surface area contributed by atoms with E-state index in [1.54, 1.807) is 0 Å². The number of aryl methyl sites for hydroxylation is 1. The lowest BCUT2D eigenvalue weighted by Crippen LogP contribution is -2.53. The number of carbonyl (C=O) groups excluding carboxylic acids is 2. The van der Waals surface area contributed by atoms with Crippen molar-refractivity contribution in [3.63, 3.8) is 0 Å². The fraction of sp³-hybridized carbons (Fsp3) is 0.483. The topological polar surface area (TPSA) is 116 Å². The summed E-state index contributed by atoms with van der Waals surface area (Å²) in [7, 11) is 0. The molecule has 2 saturated heterocycles. The van der Waals surface area contributed by atoms with Gasteiger partial charge in [0.05, 0.1) is 11.6 Å². The van der Waals surface area contributed by atoms with Crippen molar-refractivity contribution in [1.29, 1.82) is 0 Å². The van der Waals surface area contributed by atoms with Crippen molar-refractivity contribution in [2.45, 2.75) is 75.4 Å². The highest BCUT2D eigenvalue weighted by Gasteiger charge is 2.45. The zero-order valence-electron chi connectivity index (χ0n) is 22.1. The number of nitrogens with one attached hydrogen (secondary N) is 1. The molecule has 4 N–H and O–H groups in total. The molecule has 0 bridgehead atoms. The third-order valence-corrected chi connectivity index (χ3v) is 7.78. The van der Waals surface area contributed by atoms with Crippen LogP contribution in [0.2, 0.25) is 0 Å². The summed E-state index contributed by atoms with van der Waals surface area (Å²) in [4.78, 5) is 42.2. The maximum absolute atomic E-state index is 13.8. The number of halogens is 3. The van der Waals surface area contributed by atoms with Gasteiger partial charge in [0.25, 0.3) is 0 Å². The smallest absolute Gasteiger partial charge is 0.416 e. The molecule has 0 unspecified atom stereocenters. The van der Waals surface area contributed by atoms with Crippen LogP contribution in [0.15, 0.2) is 54.6 Å². The molecule has 2 aliphatic heterocycles. The van der Waals surface area contributed by atoms with Crippen LogP contribution in [-0.4, -0.2) is 69.9 Å². The number of alkyl halides is 3. The van der Waals surface area contributed by atoms with E-state index in [2.05, 4.69) is 22.3 Å². The molecule has 4 rings (SSSR count). The maximum Gasteiger partial charge on any atom is 0.416 e. The van der Waals surface area contributed by atoms with E-state index in [1.807, 2.05) is 18.2 Å². The van der Waals surface area contributed by atoms with Gasteiger partial charge in [-0.25, -0.2) is 0 Å². The fourth-order valence-corrected chi connectivity index (χ4v) is 5.70. The predicted molar refractivity (Wildman–Crippen MR) is 142 cm³/mol. The molecule has 0 saturated carbocycles. The Bertz CT molecular complexity index is 1180. The van der Waals surface area contributed by atoms with Gasteiger partial charge in [0.1, 0.15) is 6.04 Å². The molecule has 0 aromatic heterocycles. The van der Waals surface area contributed by atoms with Crippen molar-refractivity contribution in [3.05, 3.63) is 71.3 Å². The minimum absolute atomic E-state index is 0.0529. The van der Waals surface area contributed by atoms with Crippen molar-refractivity contribution in [1.82, 2.24) is 15.1 Å². The number of hydrogen-bond donors (Lipinski definition) is 3. The number of rotatable bonds is 10. The van der Waals surface area contributed by atoms with Crippen LogP contribution in [0.25, 0.3) is 0 Å². The molecule has 2 fully saturated rings. The van der Waals surface area contributed by atoms with Crippen LogP contribution < -0.4 is 11.1 Å². The summed E-state index contributed by atoms with van der Waals surface area (Å²) in [6, 6.07) is 12.9. The summed E-state index contributed by atoms with van der Waals surface area (Å²) in [5, 5.41) is 12.0. The molecule has 40 heavy (non-hydrogen) atoms. The normalized spacial score (nSPS) is 22.4. The van der Waals surface area contributed by atoms with Gasteiger partial charge in [-0.05, 0) is 55.4 Å². The van der Waals surface area contributed by atoms with E-state index in [9.17, 15) is 32.7 Å². The van der Waals surface area contributed by atoms with Crippen LogP contribution in [0.5, 0.6) is 0 Å². The molecule has 0 spiro atoms. The standard InChI is InChI=1S/C29H35F3N4O4/c30-29(31,32)21-9-6-20(7-10-21)17-34-27(39)24(12-13-26(37)38)35-15-14-23(11-8-19-4-2-1-3-5-19)36-18-22(33)16-25(36)28(35)40/h1-7,9-10,22-25H,8,11-18,33H2,(H,34,39)(H,37,38)/t22-,23-,24-,25+/m1/s1. The summed E-state index contributed by atoms with van der Waals surface area (Å²) < 4.78 is 38.6. The lowest BCUT2D eigenvalue weighted by molar-refractivity contribution is -0.144. The van der Waals surface area contributed by atoms with Gasteiger partial charge in [0, 0.05) is 38.1 Å². The molecular formula is C29H35F3N4O4. The molecule has 4 atom stereocenters. The van der Waals surface area contributed by atoms with Crippen LogP contribution in [0.4, 0.5) is 13.2 Å². The number of nitrogens with zero attached hydrogens (tertiary/aromatic N) is 2. The molecule has 2 aromatic rings. The van der Waals surface area contributed by atoms with Crippen molar-refractivity contribution >= 4 is 17.8 Å². The van der Waals surface area contributed by atoms with Gasteiger partial charge in [-0.3, -0.25) is 19.3 Å². The van der Waals surface area contributed by atoms with Gasteiger partial charge in [0.2, 0.25) is 11.8 Å². The van der Waals surface area contributed by atoms with Crippen molar-refractivity contribution in [3.8, 4) is 0 Å². The second-order valence-electron chi connectivity index (χ2n) is 10.6. The highest BCUT2D eigenvalue weighted by molar-refractivity contribution is 5.90. The third-order valence-electron chi connectivity index (χ3n) is 7.78. The summed E-state index contributed by atoms with van der Waals surface area (Å²) in [6.45, 7) is 0.810. The van der Waals surface area contributed by atoms with Gasteiger partial charge in [-0.15, -0.1) is 0 Å². The molecule has 2 amide bonds. The van der Waals surface area contributed by atoms with Crippen LogP contribution >= 0.6 is 0 Å². The first-order chi connectivity index (χ1) is 19.0. The number of nitrogens with two attached hydrogens (primary N) is 1. The van der Waals surface area contributed by atoms with Crippen molar-refractivity contribution in [2.75, 3.05) is 13.1 Å². The van der Waals surface area contributed by atoms with Crippen molar-refractivity contribution in [2.24, 2.45) is 5.73 Å². The SMILES string of the molecule is N[C@@H]1C[C@H]2C(=O)N([C@H](CCC(=O)O)C(=O)NCc3ccc(C(F)(F)F)cc3)CC[C@@H](CCc3ccccc3)N2C1. The summed E-state index contributed by atoms with van der Waals surface area (Å²) in [5.74, 6) is -1.87. The Hall–Kier alpha value is -3.44. The molecule has 11 heteroatoms. The fourth-order valence-electron chi connectivity index (χ4n) is 5.70. The summed E-state index contributed by atoms with van der Waals surface area (Å²) >= 11 is 0. The lowest BCUT2D eigenvalue weighted by Gasteiger charge is -2.32. The number of carboxylic acid groups (broad SMARTS) is 1. The zero-order valence-corrected chi connectivity index (χ0v) is 22.1. The Balaban J connectivity index is 1.49. The number of benzene rings is 2. The van der Waals surface area contributed by atoms with Crippen LogP contribution in [0.1, 0.15) is 48.8 Å². The van der Waals surface area contributed by atoms with Gasteiger partial charge in [0.15, 0.2) is 0 Å². The molecule has 0 aliphatic carbocycles. The summed E-state index contributed by atoms with van der Waals surface area (Å²) in [5.41, 5.74) is 7.12. The van der Waals surface area contributed by atoms with Crippen LogP contribution in [0, 0.1) is 0 Å². The second-order valence-corrected chi connectivity index (χ2v) is 10.6. The predicted octanol–water partition coefficient (Wildman–Crippen LogP) is 3.19. The highest BCUT2D eigenvalue weighted by Crippen LogP contribution is 2.31. The van der Waals surface area contributed by atoms with E-state index in [4.69, 9.17) is 5.73 Å². The van der Waals surface area contributed by atoms with Crippen molar-refractivity contribution < 1.29 is 32.7 Å². The molecule has 216 valence electrons. The average Bonchev–Trinajstić information content (AvgIpc) is 3.26. The first kappa shape index (κ1) is 29.5. The number of carbonyl (C=O) groups is 3. The number of carboxylic acids is 1. The largest absolute Gasteiger partial charge is 0.481 e. The second kappa shape index (κ2) is 12.8. The first-order valence-corrected chi connectivity index (χ1v) is 13.5. The zero-order chi connectivity index (χ0) is 28.9. The number of aliphatic carboxylic acids is 1. The number of fused-ring (bicyclic) bond motifs is 1. The van der Waals surface area contributed by atoms with Crippen LogP contribution in [-0.2, 0) is 33.5 Å². The van der Waals surface area contributed by atoms with E-state index in [1.165, 1.54) is 22.6 Å². The molecule has 2 aliphatic rings. The summed E-state index contributed by atoms with van der Waals surface area (Å²) in [6.07, 6.45) is -2.15. The van der Waals surface area contributed by atoms with Gasteiger partial charge >= 0.3 is 12.1 Å². The Kier molecular flexibility index (Phi) is 9.47. The number of amides is 2. The van der Waals surface area contributed by atoms with Gasteiger partial charge < -0.3 is 21.1 Å². The lowest BCUT2D eigenvalue weighted by atomic mass is 10.0. The van der Waals surface area contributed by atoms with Gasteiger partial charge in [-0.1, -0.05) is 42.5 Å². The van der Waals surface area contributed by atoms with E-state index in [-0.39, 0.29) is 37.4 Å². The quantitative estimate of drug-likeness (QED) is 0.411. The monoisotopic (exact) mass is 560 g/mol. The Morgan fingerprint density at radius 1 is 1.07 bits per heavy atom. The Labute approximate surface area is 231 Å². The molecule has 0 radical (unpaired) electrons. The average molecular weight is 561 g/mol.